The second kappa shape index (κ2) is 8.74. The van der Waals surface area contributed by atoms with Gasteiger partial charge in [0.15, 0.2) is 0 Å². The maximum Gasteiger partial charge on any atom is 0.140 e. The Kier molecular flexibility index (Phi) is 6.09. The van der Waals surface area contributed by atoms with Crippen LogP contribution in [0.15, 0.2) is 36.4 Å². The van der Waals surface area contributed by atoms with Crippen molar-refractivity contribution in [1.82, 2.24) is 19.8 Å². The minimum absolute atomic E-state index is 0.642. The number of likely N-dealkylation sites (N-methyl/N-ethyl adjacent to an activating group) is 1. The van der Waals surface area contributed by atoms with E-state index in [0.717, 1.165) is 40.3 Å². The molecule has 2 aromatic carbocycles. The lowest BCUT2D eigenvalue weighted by Crippen LogP contribution is -2.43. The SMILES string of the molecule is Cc1cccc2[nH]c(-c3ccc(OCCN(C)C4CCN(C)CC4)cc3Cl)nc12. The monoisotopic (exact) mass is 412 g/mol. The molecular weight excluding hydrogens is 384 g/mol. The van der Waals surface area contributed by atoms with Crippen molar-refractivity contribution in [2.24, 2.45) is 0 Å². The lowest BCUT2D eigenvalue weighted by atomic mass is 10.0. The van der Waals surface area contributed by atoms with Crippen LogP contribution in [0.1, 0.15) is 18.4 Å². The van der Waals surface area contributed by atoms with E-state index in [1.807, 2.05) is 30.3 Å². The molecule has 0 aliphatic carbocycles. The fourth-order valence-corrected chi connectivity index (χ4v) is 4.27. The number of rotatable bonds is 6. The summed E-state index contributed by atoms with van der Waals surface area (Å²) >= 11 is 6.55. The highest BCUT2D eigenvalue weighted by molar-refractivity contribution is 6.33. The quantitative estimate of drug-likeness (QED) is 0.642. The Bertz CT molecular complexity index is 978. The van der Waals surface area contributed by atoms with E-state index in [1.165, 1.54) is 25.9 Å². The molecular formula is C23H29ClN4O. The van der Waals surface area contributed by atoms with Crippen LogP contribution in [0.2, 0.25) is 5.02 Å². The van der Waals surface area contributed by atoms with Crippen molar-refractivity contribution in [1.29, 1.82) is 0 Å². The molecule has 0 saturated carbocycles. The van der Waals surface area contributed by atoms with Crippen molar-refractivity contribution < 1.29 is 4.74 Å². The first-order valence-corrected chi connectivity index (χ1v) is 10.7. The number of aromatic nitrogens is 2. The molecule has 1 N–H and O–H groups in total. The van der Waals surface area contributed by atoms with E-state index in [1.54, 1.807) is 0 Å². The van der Waals surface area contributed by atoms with Crippen molar-refractivity contribution >= 4 is 22.6 Å². The summed E-state index contributed by atoms with van der Waals surface area (Å²) in [4.78, 5) is 12.9. The number of likely N-dealkylation sites (tertiary alicyclic amines) is 1. The predicted octanol–water partition coefficient (Wildman–Crippen LogP) is 4.60. The number of halogens is 1. The van der Waals surface area contributed by atoms with E-state index >= 15 is 0 Å². The Morgan fingerprint density at radius 1 is 1.24 bits per heavy atom. The molecule has 0 radical (unpaired) electrons. The van der Waals surface area contributed by atoms with E-state index in [9.17, 15) is 0 Å². The first-order chi connectivity index (χ1) is 14.0. The van der Waals surface area contributed by atoms with E-state index in [-0.39, 0.29) is 0 Å². The molecule has 4 rings (SSSR count). The Hall–Kier alpha value is -2.08. The molecule has 5 nitrogen and oxygen atoms in total. The van der Waals surface area contributed by atoms with Crippen LogP contribution in [0.5, 0.6) is 5.75 Å². The summed E-state index contributed by atoms with van der Waals surface area (Å²) in [5.41, 5.74) is 4.04. The lowest BCUT2D eigenvalue weighted by Gasteiger charge is -2.35. The van der Waals surface area contributed by atoms with Gasteiger partial charge in [-0.1, -0.05) is 23.7 Å². The Morgan fingerprint density at radius 3 is 2.76 bits per heavy atom. The molecule has 0 spiro atoms. The molecule has 0 amide bonds. The number of imidazole rings is 1. The van der Waals surface area contributed by atoms with Crippen LogP contribution in [0.3, 0.4) is 0 Å². The van der Waals surface area contributed by atoms with Gasteiger partial charge in [0.25, 0.3) is 0 Å². The van der Waals surface area contributed by atoms with E-state index < -0.39 is 0 Å². The third-order valence-electron chi connectivity index (χ3n) is 5.93. The largest absolute Gasteiger partial charge is 0.492 e. The van der Waals surface area contributed by atoms with Gasteiger partial charge in [0.2, 0.25) is 0 Å². The Labute approximate surface area is 177 Å². The average Bonchev–Trinajstić information content (AvgIpc) is 3.14. The van der Waals surface area contributed by atoms with E-state index in [0.29, 0.717) is 17.7 Å². The molecule has 3 aromatic rings. The highest BCUT2D eigenvalue weighted by Gasteiger charge is 2.20. The summed E-state index contributed by atoms with van der Waals surface area (Å²) in [6.07, 6.45) is 2.45. The van der Waals surface area contributed by atoms with Gasteiger partial charge in [-0.15, -0.1) is 0 Å². The van der Waals surface area contributed by atoms with Gasteiger partial charge in [0.05, 0.1) is 16.1 Å². The second-order valence-electron chi connectivity index (χ2n) is 8.06. The maximum atomic E-state index is 6.55. The van der Waals surface area contributed by atoms with Crippen LogP contribution in [0.4, 0.5) is 0 Å². The number of aryl methyl sites for hydroxylation is 1. The standard InChI is InChI=1S/C23H29ClN4O/c1-16-5-4-6-21-22(16)26-23(25-21)19-8-7-18(15-20(19)24)29-14-13-28(3)17-9-11-27(2)12-10-17/h4-8,15,17H,9-14H2,1-3H3,(H,25,26). The summed E-state index contributed by atoms with van der Waals surface area (Å²) in [7, 11) is 4.39. The Morgan fingerprint density at radius 2 is 2.03 bits per heavy atom. The van der Waals surface area contributed by atoms with Crippen molar-refractivity contribution in [3.63, 3.8) is 0 Å². The average molecular weight is 413 g/mol. The number of hydrogen-bond donors (Lipinski definition) is 1. The van der Waals surface area contributed by atoms with Gasteiger partial charge in [0, 0.05) is 18.2 Å². The molecule has 1 aliphatic rings. The van der Waals surface area contributed by atoms with Crippen LogP contribution in [-0.2, 0) is 0 Å². The first kappa shape index (κ1) is 20.2. The number of aromatic amines is 1. The highest BCUT2D eigenvalue weighted by atomic mass is 35.5. The van der Waals surface area contributed by atoms with Crippen LogP contribution >= 0.6 is 11.6 Å². The van der Waals surface area contributed by atoms with Crippen molar-refractivity contribution in [2.75, 3.05) is 40.3 Å². The van der Waals surface area contributed by atoms with Gasteiger partial charge in [-0.3, -0.25) is 4.90 Å². The van der Waals surface area contributed by atoms with Crippen LogP contribution in [0, 0.1) is 6.92 Å². The molecule has 1 fully saturated rings. The smallest absolute Gasteiger partial charge is 0.140 e. The summed E-state index contributed by atoms with van der Waals surface area (Å²) in [6, 6.07) is 12.6. The first-order valence-electron chi connectivity index (χ1n) is 10.3. The topological polar surface area (TPSA) is 44.4 Å². The number of para-hydroxylation sites is 1. The minimum Gasteiger partial charge on any atom is -0.492 e. The van der Waals surface area contributed by atoms with Gasteiger partial charge in [0.1, 0.15) is 18.2 Å². The fourth-order valence-electron chi connectivity index (χ4n) is 4.01. The molecule has 1 saturated heterocycles. The zero-order chi connectivity index (χ0) is 20.4. The van der Waals surface area contributed by atoms with Gasteiger partial charge in [-0.2, -0.15) is 0 Å². The number of nitrogens with zero attached hydrogens (tertiary/aromatic N) is 3. The summed E-state index contributed by atoms with van der Waals surface area (Å²) in [5.74, 6) is 1.58. The maximum absolute atomic E-state index is 6.55. The van der Waals surface area contributed by atoms with Gasteiger partial charge in [-0.05, 0) is 76.8 Å². The Balaban J connectivity index is 1.37. The number of ether oxygens (including phenoxy) is 1. The van der Waals surface area contributed by atoms with Gasteiger partial charge < -0.3 is 14.6 Å². The number of hydrogen-bond acceptors (Lipinski definition) is 4. The van der Waals surface area contributed by atoms with Crippen LogP contribution in [0.25, 0.3) is 22.4 Å². The molecule has 154 valence electrons. The molecule has 1 aromatic heterocycles. The molecule has 0 unspecified atom stereocenters. The molecule has 6 heteroatoms. The predicted molar refractivity (Wildman–Crippen MR) is 120 cm³/mol. The summed E-state index contributed by atoms with van der Waals surface area (Å²) in [5, 5.41) is 0.642. The molecule has 29 heavy (non-hydrogen) atoms. The molecule has 2 heterocycles. The number of benzene rings is 2. The van der Waals surface area contributed by atoms with Crippen molar-refractivity contribution in [3.8, 4) is 17.1 Å². The number of fused-ring (bicyclic) bond motifs is 1. The van der Waals surface area contributed by atoms with Crippen LogP contribution in [-0.4, -0.2) is 66.1 Å². The van der Waals surface area contributed by atoms with Crippen LogP contribution < -0.4 is 4.74 Å². The third-order valence-corrected chi connectivity index (χ3v) is 6.25. The lowest BCUT2D eigenvalue weighted by molar-refractivity contribution is 0.127. The van der Waals surface area contributed by atoms with E-state index in [2.05, 4.69) is 41.9 Å². The van der Waals surface area contributed by atoms with Crippen molar-refractivity contribution in [2.45, 2.75) is 25.8 Å². The van der Waals surface area contributed by atoms with Gasteiger partial charge >= 0.3 is 0 Å². The third kappa shape index (κ3) is 4.58. The highest BCUT2D eigenvalue weighted by Crippen LogP contribution is 2.31. The van der Waals surface area contributed by atoms with Gasteiger partial charge in [-0.25, -0.2) is 4.98 Å². The summed E-state index contributed by atoms with van der Waals surface area (Å²) < 4.78 is 5.97. The fraction of sp³-hybridized carbons (Fsp3) is 0.435. The molecule has 0 atom stereocenters. The van der Waals surface area contributed by atoms with E-state index in [4.69, 9.17) is 21.3 Å². The summed E-state index contributed by atoms with van der Waals surface area (Å²) in [6.45, 7) is 5.98. The molecule has 0 bridgehead atoms. The number of H-pyrrole nitrogens is 1. The zero-order valence-corrected chi connectivity index (χ0v) is 18.2. The minimum atomic E-state index is 0.642. The second-order valence-corrected chi connectivity index (χ2v) is 8.47. The number of piperidine rings is 1. The molecule has 1 aliphatic heterocycles. The van der Waals surface area contributed by atoms with Crippen molar-refractivity contribution in [3.05, 3.63) is 47.0 Å². The number of nitrogens with one attached hydrogen (secondary N) is 1. The normalized spacial score (nSPS) is 16.0. The zero-order valence-electron chi connectivity index (χ0n) is 17.4.